The summed E-state index contributed by atoms with van der Waals surface area (Å²) in [5, 5.41) is 20.7. The molecule has 5 nitrogen and oxygen atoms in total. The van der Waals surface area contributed by atoms with Gasteiger partial charge >= 0.3 is 0 Å². The highest BCUT2D eigenvalue weighted by atomic mass is 19.1. The van der Waals surface area contributed by atoms with Crippen LogP contribution in [-0.4, -0.2) is 49.8 Å². The Morgan fingerprint density at radius 3 is 2.83 bits per heavy atom. The van der Waals surface area contributed by atoms with Crippen molar-refractivity contribution in [1.29, 1.82) is 0 Å². The predicted molar refractivity (Wildman–Crippen MR) is 65.4 cm³/mol. The Bertz CT molecular complexity index is 362. The number of nitrogens with one attached hydrogen (secondary N) is 1. The van der Waals surface area contributed by atoms with Crippen molar-refractivity contribution in [2.75, 3.05) is 38.8 Å². The topological polar surface area (TPSA) is 71.0 Å². The Morgan fingerprint density at radius 2 is 2.17 bits per heavy atom. The van der Waals surface area contributed by atoms with Crippen LogP contribution in [0.1, 0.15) is 0 Å². The summed E-state index contributed by atoms with van der Waals surface area (Å²) in [5.74, 6) is -0.408. The first-order valence-electron chi connectivity index (χ1n) is 5.62. The summed E-state index contributed by atoms with van der Waals surface area (Å²) in [5.41, 5.74) is 0.429. The third-order valence-corrected chi connectivity index (χ3v) is 2.24. The average molecular weight is 259 g/mol. The first-order chi connectivity index (χ1) is 8.69. The lowest BCUT2D eigenvalue weighted by molar-refractivity contribution is 0.105. The lowest BCUT2D eigenvalue weighted by Crippen LogP contribution is -2.23. The molecule has 0 aliphatic carbocycles. The van der Waals surface area contributed by atoms with Crippen LogP contribution in [0, 0.1) is 5.82 Å². The lowest BCUT2D eigenvalue weighted by Gasteiger charge is -2.15. The van der Waals surface area contributed by atoms with Gasteiger partial charge in [0.1, 0.15) is 6.61 Å². The van der Waals surface area contributed by atoms with Gasteiger partial charge in [-0.1, -0.05) is 6.07 Å². The Labute approximate surface area is 105 Å². The number of para-hydroxylation sites is 1. The molecule has 1 rings (SSSR count). The lowest BCUT2D eigenvalue weighted by atomic mass is 10.2. The van der Waals surface area contributed by atoms with Gasteiger partial charge in [0, 0.05) is 13.7 Å². The summed E-state index contributed by atoms with van der Waals surface area (Å²) in [4.78, 5) is 0. The normalized spacial score (nSPS) is 12.2. The molecule has 0 fully saturated rings. The fraction of sp³-hybridized carbons (Fsp3) is 0.500. The first-order valence-corrected chi connectivity index (χ1v) is 5.62. The van der Waals surface area contributed by atoms with Gasteiger partial charge in [0.15, 0.2) is 11.6 Å². The van der Waals surface area contributed by atoms with E-state index in [0.29, 0.717) is 12.3 Å². The van der Waals surface area contributed by atoms with Crippen molar-refractivity contribution < 1.29 is 24.1 Å². The number of rotatable bonds is 8. The van der Waals surface area contributed by atoms with E-state index in [1.165, 1.54) is 19.2 Å². The van der Waals surface area contributed by atoms with E-state index in [9.17, 15) is 9.50 Å². The molecule has 0 aliphatic rings. The van der Waals surface area contributed by atoms with Crippen molar-refractivity contribution in [3.8, 4) is 5.75 Å². The van der Waals surface area contributed by atoms with Gasteiger partial charge < -0.3 is 25.0 Å². The van der Waals surface area contributed by atoms with Crippen LogP contribution in [0.3, 0.4) is 0 Å². The molecular formula is C12H18FNO4. The van der Waals surface area contributed by atoms with Crippen molar-refractivity contribution in [1.82, 2.24) is 0 Å². The van der Waals surface area contributed by atoms with E-state index >= 15 is 0 Å². The van der Waals surface area contributed by atoms with E-state index in [2.05, 4.69) is 5.32 Å². The summed E-state index contributed by atoms with van der Waals surface area (Å²) in [7, 11) is 1.53. The minimum atomic E-state index is -0.903. The van der Waals surface area contributed by atoms with Gasteiger partial charge in [-0.05, 0) is 12.1 Å². The zero-order valence-corrected chi connectivity index (χ0v) is 10.2. The van der Waals surface area contributed by atoms with Gasteiger partial charge in [0.2, 0.25) is 0 Å². The van der Waals surface area contributed by atoms with Gasteiger partial charge in [-0.25, -0.2) is 4.39 Å². The molecule has 1 unspecified atom stereocenters. The second-order valence-electron chi connectivity index (χ2n) is 3.68. The second-order valence-corrected chi connectivity index (χ2v) is 3.68. The van der Waals surface area contributed by atoms with E-state index < -0.39 is 11.9 Å². The molecule has 0 aliphatic heterocycles. The molecule has 0 amide bonds. The van der Waals surface area contributed by atoms with E-state index in [0.717, 1.165) is 0 Å². The number of aliphatic hydroxyl groups excluding tert-OH is 2. The Balaban J connectivity index is 2.67. The van der Waals surface area contributed by atoms with Gasteiger partial charge in [-0.15, -0.1) is 0 Å². The van der Waals surface area contributed by atoms with Crippen molar-refractivity contribution in [3.05, 3.63) is 24.0 Å². The first kappa shape index (κ1) is 14.7. The predicted octanol–water partition coefficient (Wildman–Crippen LogP) is 0.616. The van der Waals surface area contributed by atoms with E-state index in [1.54, 1.807) is 6.07 Å². The zero-order valence-electron chi connectivity index (χ0n) is 10.2. The molecule has 3 N–H and O–H groups in total. The Hall–Kier alpha value is -1.37. The standard InChI is InChI=1S/C12H18FNO4/c1-17-5-6-18-12-10(13)3-2-4-11(12)14-7-9(16)8-15/h2-4,9,14-16H,5-8H2,1H3. The van der Waals surface area contributed by atoms with Crippen LogP contribution in [0.5, 0.6) is 5.75 Å². The molecule has 0 heterocycles. The maximum atomic E-state index is 13.6. The second kappa shape index (κ2) is 7.86. The van der Waals surface area contributed by atoms with Crippen molar-refractivity contribution in [2.45, 2.75) is 6.10 Å². The van der Waals surface area contributed by atoms with E-state index in [-0.39, 0.29) is 25.5 Å². The van der Waals surface area contributed by atoms with Crippen molar-refractivity contribution >= 4 is 5.69 Å². The number of halogens is 1. The molecular weight excluding hydrogens is 241 g/mol. The molecule has 18 heavy (non-hydrogen) atoms. The molecule has 0 aromatic heterocycles. The summed E-state index contributed by atoms with van der Waals surface area (Å²) in [6.45, 7) is 0.338. The van der Waals surface area contributed by atoms with Crippen LogP contribution in [0.15, 0.2) is 18.2 Å². The third-order valence-electron chi connectivity index (χ3n) is 2.24. The third kappa shape index (κ3) is 4.48. The van der Waals surface area contributed by atoms with Gasteiger partial charge in [0.25, 0.3) is 0 Å². The monoisotopic (exact) mass is 259 g/mol. The highest BCUT2D eigenvalue weighted by molar-refractivity contribution is 5.57. The molecule has 1 aromatic carbocycles. The number of hydrogen-bond acceptors (Lipinski definition) is 5. The molecule has 0 radical (unpaired) electrons. The number of ether oxygens (including phenoxy) is 2. The quantitative estimate of drug-likeness (QED) is 0.597. The maximum Gasteiger partial charge on any atom is 0.178 e. The molecule has 102 valence electrons. The van der Waals surface area contributed by atoms with Gasteiger partial charge in [0.05, 0.1) is 25.0 Å². The van der Waals surface area contributed by atoms with Crippen molar-refractivity contribution in [3.63, 3.8) is 0 Å². The molecule has 0 bridgehead atoms. The van der Waals surface area contributed by atoms with Crippen molar-refractivity contribution in [2.24, 2.45) is 0 Å². The number of benzene rings is 1. The van der Waals surface area contributed by atoms with Crippen LogP contribution in [0.4, 0.5) is 10.1 Å². The number of methoxy groups -OCH3 is 1. The summed E-state index contributed by atoms with van der Waals surface area (Å²) < 4.78 is 23.7. The SMILES string of the molecule is COCCOc1c(F)cccc1NCC(O)CO. The number of anilines is 1. The smallest absolute Gasteiger partial charge is 0.178 e. The largest absolute Gasteiger partial charge is 0.486 e. The van der Waals surface area contributed by atoms with Crippen LogP contribution >= 0.6 is 0 Å². The Morgan fingerprint density at radius 1 is 1.39 bits per heavy atom. The Kier molecular flexibility index (Phi) is 6.42. The molecule has 1 aromatic rings. The fourth-order valence-electron chi connectivity index (χ4n) is 1.31. The van der Waals surface area contributed by atoms with Crippen LogP contribution in [0.25, 0.3) is 0 Å². The van der Waals surface area contributed by atoms with Gasteiger partial charge in [-0.2, -0.15) is 0 Å². The maximum absolute atomic E-state index is 13.6. The van der Waals surface area contributed by atoms with Crippen LogP contribution in [0.2, 0.25) is 0 Å². The molecule has 6 heteroatoms. The van der Waals surface area contributed by atoms with E-state index in [1.807, 2.05) is 0 Å². The van der Waals surface area contributed by atoms with Crippen LogP contribution < -0.4 is 10.1 Å². The van der Waals surface area contributed by atoms with Gasteiger partial charge in [-0.3, -0.25) is 0 Å². The zero-order chi connectivity index (χ0) is 13.4. The summed E-state index contributed by atoms with van der Waals surface area (Å²) in [6.07, 6.45) is -0.903. The minimum Gasteiger partial charge on any atom is -0.486 e. The highest BCUT2D eigenvalue weighted by Crippen LogP contribution is 2.27. The summed E-state index contributed by atoms with van der Waals surface area (Å²) in [6, 6.07) is 4.46. The fourth-order valence-corrected chi connectivity index (χ4v) is 1.31. The molecule has 0 saturated heterocycles. The molecule has 1 atom stereocenters. The molecule has 0 saturated carbocycles. The highest BCUT2D eigenvalue weighted by Gasteiger charge is 2.11. The van der Waals surface area contributed by atoms with E-state index in [4.69, 9.17) is 14.6 Å². The van der Waals surface area contributed by atoms with Crippen LogP contribution in [-0.2, 0) is 4.74 Å². The average Bonchev–Trinajstić information content (AvgIpc) is 2.38. The minimum absolute atomic E-state index is 0.0830. The number of aliphatic hydroxyl groups is 2. The molecule has 0 spiro atoms. The summed E-state index contributed by atoms with van der Waals surface area (Å²) >= 11 is 0. The number of hydrogen-bond donors (Lipinski definition) is 3.